The van der Waals surface area contributed by atoms with E-state index in [0.717, 1.165) is 28.6 Å². The second-order valence-corrected chi connectivity index (χ2v) is 6.84. The Hall–Kier alpha value is -3.46. The molecule has 148 valence electrons. The molecule has 1 aromatic heterocycles. The van der Waals surface area contributed by atoms with Crippen molar-refractivity contribution < 1.29 is 13.6 Å². The number of hydrogen-bond acceptors (Lipinski definition) is 2. The van der Waals surface area contributed by atoms with Crippen molar-refractivity contribution in [3.05, 3.63) is 77.5 Å². The zero-order valence-electron chi connectivity index (χ0n) is 16.3. The first-order valence-corrected chi connectivity index (χ1v) is 9.27. The molecule has 0 aliphatic heterocycles. The number of para-hydroxylation sites is 1. The molecule has 1 amide bonds. The highest BCUT2D eigenvalue weighted by atomic mass is 19.2. The van der Waals surface area contributed by atoms with E-state index in [1.807, 2.05) is 35.0 Å². The quantitative estimate of drug-likeness (QED) is 0.549. The van der Waals surface area contributed by atoms with Gasteiger partial charge >= 0.3 is 0 Å². The fourth-order valence-corrected chi connectivity index (χ4v) is 3.23. The first kappa shape index (κ1) is 20.3. The Morgan fingerprint density at radius 1 is 1.24 bits per heavy atom. The number of rotatable bonds is 6. The Bertz CT molecular complexity index is 1110. The molecule has 4 nitrogen and oxygen atoms in total. The van der Waals surface area contributed by atoms with Gasteiger partial charge in [0.15, 0.2) is 11.6 Å². The van der Waals surface area contributed by atoms with Gasteiger partial charge in [0.1, 0.15) is 0 Å². The number of benzene rings is 2. The zero-order valence-corrected chi connectivity index (χ0v) is 16.3. The van der Waals surface area contributed by atoms with Gasteiger partial charge in [-0.2, -0.15) is 5.26 Å². The van der Waals surface area contributed by atoms with Crippen LogP contribution in [0.5, 0.6) is 0 Å². The maximum atomic E-state index is 13.5. The van der Waals surface area contributed by atoms with Crippen molar-refractivity contribution in [2.45, 2.75) is 25.9 Å². The molecule has 6 heteroatoms. The summed E-state index contributed by atoms with van der Waals surface area (Å²) in [6, 6.07) is 13.2. The van der Waals surface area contributed by atoms with Crippen LogP contribution in [-0.4, -0.2) is 22.4 Å². The highest BCUT2D eigenvalue weighted by Crippen LogP contribution is 2.24. The van der Waals surface area contributed by atoms with Crippen molar-refractivity contribution in [3.63, 3.8) is 0 Å². The average Bonchev–Trinajstić information content (AvgIpc) is 3.09. The Morgan fingerprint density at radius 3 is 2.72 bits per heavy atom. The standard InChI is InChI=1S/C23H21F2N3O/c1-16(17-8-10-20(24)21(25)14-17)27(2)23(29)11-9-18-15-28(13-5-12-26)22-7-4-3-6-19(18)22/h3-4,6-11,14-16H,5,13H2,1-2H3/b11-9+. The number of amides is 1. The summed E-state index contributed by atoms with van der Waals surface area (Å²) in [5, 5.41) is 9.84. The van der Waals surface area contributed by atoms with Crippen LogP contribution in [-0.2, 0) is 11.3 Å². The summed E-state index contributed by atoms with van der Waals surface area (Å²) >= 11 is 0. The minimum atomic E-state index is -0.934. The number of halogens is 2. The van der Waals surface area contributed by atoms with Crippen molar-refractivity contribution in [2.75, 3.05) is 7.05 Å². The van der Waals surface area contributed by atoms with E-state index in [9.17, 15) is 13.6 Å². The monoisotopic (exact) mass is 393 g/mol. The normalized spacial score (nSPS) is 12.2. The highest BCUT2D eigenvalue weighted by molar-refractivity contribution is 5.96. The van der Waals surface area contributed by atoms with Gasteiger partial charge in [0.2, 0.25) is 5.91 Å². The van der Waals surface area contributed by atoms with Gasteiger partial charge in [-0.05, 0) is 36.8 Å². The van der Waals surface area contributed by atoms with E-state index in [0.29, 0.717) is 18.5 Å². The van der Waals surface area contributed by atoms with Crippen molar-refractivity contribution in [2.24, 2.45) is 0 Å². The van der Waals surface area contributed by atoms with E-state index < -0.39 is 17.7 Å². The summed E-state index contributed by atoms with van der Waals surface area (Å²) in [6.45, 7) is 2.33. The maximum absolute atomic E-state index is 13.5. The minimum absolute atomic E-state index is 0.254. The maximum Gasteiger partial charge on any atom is 0.246 e. The van der Waals surface area contributed by atoms with Gasteiger partial charge in [0.25, 0.3) is 0 Å². The number of nitrogens with zero attached hydrogens (tertiary/aromatic N) is 3. The van der Waals surface area contributed by atoms with Crippen LogP contribution in [0.15, 0.2) is 54.7 Å². The van der Waals surface area contributed by atoms with Gasteiger partial charge in [-0.1, -0.05) is 24.3 Å². The summed E-state index contributed by atoms with van der Waals surface area (Å²) in [5.74, 6) is -2.10. The molecule has 0 N–H and O–H groups in total. The molecule has 0 aliphatic carbocycles. The largest absolute Gasteiger partial charge is 0.346 e. The number of aryl methyl sites for hydroxylation is 1. The Morgan fingerprint density at radius 2 is 2.00 bits per heavy atom. The summed E-state index contributed by atoms with van der Waals surface area (Å²) in [5.41, 5.74) is 2.39. The van der Waals surface area contributed by atoms with E-state index in [4.69, 9.17) is 5.26 Å². The van der Waals surface area contributed by atoms with Gasteiger partial charge in [-0.25, -0.2) is 8.78 Å². The summed E-state index contributed by atoms with van der Waals surface area (Å²) in [7, 11) is 1.62. The Balaban J connectivity index is 1.81. The molecule has 3 rings (SSSR count). The number of carbonyl (C=O) groups excluding carboxylic acids is 1. The van der Waals surface area contributed by atoms with Crippen molar-refractivity contribution in [3.8, 4) is 6.07 Å². The van der Waals surface area contributed by atoms with Gasteiger partial charge in [-0.15, -0.1) is 0 Å². The third kappa shape index (κ3) is 4.35. The highest BCUT2D eigenvalue weighted by Gasteiger charge is 2.17. The molecule has 0 saturated carbocycles. The van der Waals surface area contributed by atoms with Crippen LogP contribution >= 0.6 is 0 Å². The van der Waals surface area contributed by atoms with Gasteiger partial charge in [-0.3, -0.25) is 4.79 Å². The average molecular weight is 393 g/mol. The second-order valence-electron chi connectivity index (χ2n) is 6.84. The van der Waals surface area contributed by atoms with Crippen LogP contribution in [0.1, 0.15) is 30.5 Å². The lowest BCUT2D eigenvalue weighted by atomic mass is 10.1. The lowest BCUT2D eigenvalue weighted by Crippen LogP contribution is -2.28. The van der Waals surface area contributed by atoms with Gasteiger partial charge in [0, 0.05) is 42.3 Å². The van der Waals surface area contributed by atoms with Crippen molar-refractivity contribution >= 4 is 22.9 Å². The molecule has 1 unspecified atom stereocenters. The summed E-state index contributed by atoms with van der Waals surface area (Å²) < 4.78 is 28.6. The van der Waals surface area contributed by atoms with E-state index >= 15 is 0 Å². The van der Waals surface area contributed by atoms with E-state index in [-0.39, 0.29) is 5.91 Å². The number of aromatic nitrogens is 1. The third-order valence-electron chi connectivity index (χ3n) is 5.04. The van der Waals surface area contributed by atoms with E-state index in [1.165, 1.54) is 17.0 Å². The van der Waals surface area contributed by atoms with Crippen LogP contribution in [0.3, 0.4) is 0 Å². The molecule has 1 atom stereocenters. The summed E-state index contributed by atoms with van der Waals surface area (Å²) in [6.07, 6.45) is 5.52. The van der Waals surface area contributed by atoms with Crippen LogP contribution in [0, 0.1) is 23.0 Å². The first-order valence-electron chi connectivity index (χ1n) is 9.27. The molecule has 0 fully saturated rings. The predicted octanol–water partition coefficient (Wildman–Crippen LogP) is 5.07. The zero-order chi connectivity index (χ0) is 21.0. The molecule has 0 saturated heterocycles. The summed E-state index contributed by atoms with van der Waals surface area (Å²) in [4.78, 5) is 14.1. The van der Waals surface area contributed by atoms with Crippen LogP contribution < -0.4 is 0 Å². The Kier molecular flexibility index (Phi) is 6.08. The van der Waals surface area contributed by atoms with Crippen molar-refractivity contribution in [1.82, 2.24) is 9.47 Å². The lowest BCUT2D eigenvalue weighted by molar-refractivity contribution is -0.126. The fraction of sp³-hybridized carbons (Fsp3) is 0.217. The predicted molar refractivity (Wildman–Crippen MR) is 109 cm³/mol. The minimum Gasteiger partial charge on any atom is -0.346 e. The number of nitriles is 1. The molecule has 0 aliphatic rings. The molecular weight excluding hydrogens is 372 g/mol. The number of likely N-dealkylation sites (N-methyl/N-ethyl adjacent to an activating group) is 1. The van der Waals surface area contributed by atoms with Gasteiger partial charge < -0.3 is 9.47 Å². The molecule has 29 heavy (non-hydrogen) atoms. The van der Waals surface area contributed by atoms with E-state index in [2.05, 4.69) is 6.07 Å². The third-order valence-corrected chi connectivity index (χ3v) is 5.04. The number of hydrogen-bond donors (Lipinski definition) is 0. The fourth-order valence-electron chi connectivity index (χ4n) is 3.23. The van der Waals surface area contributed by atoms with Crippen LogP contribution in [0.25, 0.3) is 17.0 Å². The smallest absolute Gasteiger partial charge is 0.246 e. The van der Waals surface area contributed by atoms with Crippen LogP contribution in [0.4, 0.5) is 8.78 Å². The molecule has 0 radical (unpaired) electrons. The molecule has 1 heterocycles. The first-order chi connectivity index (χ1) is 13.9. The molecule has 0 spiro atoms. The molecule has 0 bridgehead atoms. The molecule has 2 aromatic carbocycles. The van der Waals surface area contributed by atoms with Gasteiger partial charge in [0.05, 0.1) is 18.5 Å². The number of fused-ring (bicyclic) bond motifs is 1. The topological polar surface area (TPSA) is 49.0 Å². The molecular formula is C23H21F2N3O. The SMILES string of the molecule is CC(c1ccc(F)c(F)c1)N(C)C(=O)/C=C/c1cn(CCC#N)c2ccccc12. The van der Waals surface area contributed by atoms with Crippen LogP contribution in [0.2, 0.25) is 0 Å². The van der Waals surface area contributed by atoms with Crippen molar-refractivity contribution in [1.29, 1.82) is 5.26 Å². The lowest BCUT2D eigenvalue weighted by Gasteiger charge is -2.24. The Labute approximate surface area is 168 Å². The number of carbonyl (C=O) groups is 1. The van der Waals surface area contributed by atoms with E-state index in [1.54, 1.807) is 20.0 Å². The second kappa shape index (κ2) is 8.70. The molecule has 3 aromatic rings.